The SMILES string of the molecule is COC(=O)C[C@@]1(NC(=O)CCCCOc2cccc(C)c2)CCCOC1. The molecule has 0 saturated carbocycles. The average molecular weight is 363 g/mol. The molecule has 1 aromatic carbocycles. The number of amides is 1. The fourth-order valence-corrected chi connectivity index (χ4v) is 3.12. The Morgan fingerprint density at radius 3 is 2.85 bits per heavy atom. The summed E-state index contributed by atoms with van der Waals surface area (Å²) in [5, 5.41) is 3.01. The number of unbranched alkanes of at least 4 members (excludes halogenated alkanes) is 1. The minimum absolute atomic E-state index is 0.0602. The Morgan fingerprint density at radius 2 is 2.15 bits per heavy atom. The Balaban J connectivity index is 1.71. The topological polar surface area (TPSA) is 73.9 Å². The molecule has 0 aromatic heterocycles. The van der Waals surface area contributed by atoms with Crippen molar-refractivity contribution in [1.82, 2.24) is 5.32 Å². The van der Waals surface area contributed by atoms with Gasteiger partial charge in [0.1, 0.15) is 5.75 Å². The predicted molar refractivity (Wildman–Crippen MR) is 98.1 cm³/mol. The van der Waals surface area contributed by atoms with E-state index in [1.54, 1.807) is 0 Å². The van der Waals surface area contributed by atoms with Gasteiger partial charge in [0.15, 0.2) is 0 Å². The van der Waals surface area contributed by atoms with Gasteiger partial charge >= 0.3 is 5.97 Å². The lowest BCUT2D eigenvalue weighted by atomic mass is 9.88. The number of nitrogens with one attached hydrogen (secondary N) is 1. The van der Waals surface area contributed by atoms with Crippen LogP contribution in [0.25, 0.3) is 0 Å². The molecule has 1 aliphatic rings. The third-order valence-electron chi connectivity index (χ3n) is 4.49. The number of carbonyl (C=O) groups excluding carboxylic acids is 2. The number of aryl methyl sites for hydroxylation is 1. The summed E-state index contributed by atoms with van der Waals surface area (Å²) in [6, 6.07) is 7.91. The molecule has 6 nitrogen and oxygen atoms in total. The van der Waals surface area contributed by atoms with Crippen molar-refractivity contribution in [2.45, 2.75) is 51.0 Å². The lowest BCUT2D eigenvalue weighted by Gasteiger charge is -2.37. The molecule has 0 spiro atoms. The maximum absolute atomic E-state index is 12.3. The lowest BCUT2D eigenvalue weighted by molar-refractivity contribution is -0.144. The predicted octanol–water partition coefficient (Wildman–Crippen LogP) is 2.77. The number of hydrogen-bond donors (Lipinski definition) is 1. The molecule has 1 aliphatic heterocycles. The molecule has 1 aromatic rings. The number of methoxy groups -OCH3 is 1. The quantitative estimate of drug-likeness (QED) is 0.539. The van der Waals surface area contributed by atoms with E-state index < -0.39 is 5.54 Å². The van der Waals surface area contributed by atoms with Crippen LogP contribution in [0.15, 0.2) is 24.3 Å². The molecule has 0 aliphatic carbocycles. The van der Waals surface area contributed by atoms with E-state index in [1.165, 1.54) is 7.11 Å². The molecule has 1 heterocycles. The zero-order chi connectivity index (χ0) is 18.8. The molecule has 26 heavy (non-hydrogen) atoms. The Kier molecular flexibility index (Phi) is 7.91. The number of carbonyl (C=O) groups is 2. The van der Waals surface area contributed by atoms with Crippen molar-refractivity contribution in [3.63, 3.8) is 0 Å². The summed E-state index contributed by atoms with van der Waals surface area (Å²) >= 11 is 0. The number of benzene rings is 1. The van der Waals surface area contributed by atoms with Crippen LogP contribution in [0.4, 0.5) is 0 Å². The summed E-state index contributed by atoms with van der Waals surface area (Å²) in [5.74, 6) is 0.461. The van der Waals surface area contributed by atoms with Crippen LogP contribution in [0.1, 0.15) is 44.1 Å². The van der Waals surface area contributed by atoms with Crippen LogP contribution in [-0.2, 0) is 19.1 Å². The van der Waals surface area contributed by atoms with Gasteiger partial charge in [-0.3, -0.25) is 9.59 Å². The highest BCUT2D eigenvalue weighted by molar-refractivity contribution is 5.78. The van der Waals surface area contributed by atoms with Gasteiger partial charge in [-0.2, -0.15) is 0 Å². The van der Waals surface area contributed by atoms with Crippen molar-refractivity contribution in [3.05, 3.63) is 29.8 Å². The van der Waals surface area contributed by atoms with Crippen molar-refractivity contribution in [2.24, 2.45) is 0 Å². The summed E-state index contributed by atoms with van der Waals surface area (Å²) in [6.07, 6.45) is 3.62. The molecular weight excluding hydrogens is 334 g/mol. The molecule has 0 radical (unpaired) electrons. The highest BCUT2D eigenvalue weighted by atomic mass is 16.5. The van der Waals surface area contributed by atoms with E-state index in [0.717, 1.165) is 37.0 Å². The molecule has 144 valence electrons. The van der Waals surface area contributed by atoms with Gasteiger partial charge in [0, 0.05) is 13.0 Å². The van der Waals surface area contributed by atoms with Crippen LogP contribution in [0.2, 0.25) is 0 Å². The lowest BCUT2D eigenvalue weighted by Crippen LogP contribution is -2.55. The summed E-state index contributed by atoms with van der Waals surface area (Å²) in [7, 11) is 1.36. The smallest absolute Gasteiger partial charge is 0.307 e. The first-order valence-electron chi connectivity index (χ1n) is 9.18. The van der Waals surface area contributed by atoms with Gasteiger partial charge in [-0.15, -0.1) is 0 Å². The normalized spacial score (nSPS) is 19.6. The van der Waals surface area contributed by atoms with Gasteiger partial charge in [0.25, 0.3) is 0 Å². The number of ether oxygens (including phenoxy) is 3. The van der Waals surface area contributed by atoms with Crippen LogP contribution in [0.5, 0.6) is 5.75 Å². The highest BCUT2D eigenvalue weighted by Crippen LogP contribution is 2.24. The largest absolute Gasteiger partial charge is 0.494 e. The molecule has 0 bridgehead atoms. The number of esters is 1. The number of rotatable bonds is 9. The van der Waals surface area contributed by atoms with E-state index in [0.29, 0.717) is 26.2 Å². The molecule has 1 fully saturated rings. The highest BCUT2D eigenvalue weighted by Gasteiger charge is 2.37. The Morgan fingerprint density at radius 1 is 1.31 bits per heavy atom. The van der Waals surface area contributed by atoms with E-state index in [4.69, 9.17) is 14.2 Å². The Labute approximate surface area is 155 Å². The van der Waals surface area contributed by atoms with Gasteiger partial charge in [-0.25, -0.2) is 0 Å². The van der Waals surface area contributed by atoms with Gasteiger partial charge in [-0.1, -0.05) is 12.1 Å². The summed E-state index contributed by atoms with van der Waals surface area (Å²) < 4.78 is 15.9. The molecule has 1 saturated heterocycles. The van der Waals surface area contributed by atoms with Gasteiger partial charge < -0.3 is 19.5 Å². The minimum atomic E-state index is -0.638. The van der Waals surface area contributed by atoms with Crippen LogP contribution >= 0.6 is 0 Å². The first kappa shape index (κ1) is 20.2. The monoisotopic (exact) mass is 363 g/mol. The Bertz CT molecular complexity index is 596. The van der Waals surface area contributed by atoms with Crippen molar-refractivity contribution in [3.8, 4) is 5.75 Å². The second-order valence-electron chi connectivity index (χ2n) is 6.86. The molecule has 1 amide bonds. The third-order valence-corrected chi connectivity index (χ3v) is 4.49. The molecule has 6 heteroatoms. The van der Waals surface area contributed by atoms with E-state index in [1.807, 2.05) is 31.2 Å². The van der Waals surface area contributed by atoms with Crippen molar-refractivity contribution in [2.75, 3.05) is 26.9 Å². The molecule has 2 rings (SSSR count). The standard InChI is InChI=1S/C20H29NO5/c1-16-7-5-8-17(13-16)26-12-4-3-9-18(22)21-20(14-19(23)24-2)10-6-11-25-15-20/h5,7-8,13H,3-4,6,9-12,14-15H2,1-2H3,(H,21,22)/t20-/m0/s1. The zero-order valence-corrected chi connectivity index (χ0v) is 15.7. The third kappa shape index (κ3) is 6.67. The molecule has 1 N–H and O–H groups in total. The van der Waals surface area contributed by atoms with Gasteiger partial charge in [0.05, 0.1) is 32.3 Å². The summed E-state index contributed by atoms with van der Waals surface area (Å²) in [4.78, 5) is 24.0. The fraction of sp³-hybridized carbons (Fsp3) is 0.600. The van der Waals surface area contributed by atoms with Gasteiger partial charge in [-0.05, 0) is 50.3 Å². The second-order valence-corrected chi connectivity index (χ2v) is 6.86. The maximum Gasteiger partial charge on any atom is 0.307 e. The van der Waals surface area contributed by atoms with Crippen LogP contribution in [0, 0.1) is 6.92 Å². The minimum Gasteiger partial charge on any atom is -0.494 e. The van der Waals surface area contributed by atoms with E-state index in [9.17, 15) is 9.59 Å². The van der Waals surface area contributed by atoms with E-state index in [-0.39, 0.29) is 18.3 Å². The van der Waals surface area contributed by atoms with Crippen molar-refractivity contribution < 1.29 is 23.8 Å². The molecule has 0 unspecified atom stereocenters. The van der Waals surface area contributed by atoms with Crippen LogP contribution < -0.4 is 10.1 Å². The van der Waals surface area contributed by atoms with Crippen LogP contribution in [0.3, 0.4) is 0 Å². The first-order valence-corrected chi connectivity index (χ1v) is 9.18. The van der Waals surface area contributed by atoms with Crippen LogP contribution in [-0.4, -0.2) is 44.3 Å². The maximum atomic E-state index is 12.3. The average Bonchev–Trinajstić information content (AvgIpc) is 2.62. The second kappa shape index (κ2) is 10.2. The fourth-order valence-electron chi connectivity index (χ4n) is 3.12. The van der Waals surface area contributed by atoms with Gasteiger partial charge in [0.2, 0.25) is 5.91 Å². The zero-order valence-electron chi connectivity index (χ0n) is 15.7. The summed E-state index contributed by atoms with van der Waals surface area (Å²) in [5.41, 5.74) is 0.521. The van der Waals surface area contributed by atoms with Crippen molar-refractivity contribution in [1.29, 1.82) is 0 Å². The number of hydrogen-bond acceptors (Lipinski definition) is 5. The summed E-state index contributed by atoms with van der Waals surface area (Å²) in [6.45, 7) is 3.61. The van der Waals surface area contributed by atoms with E-state index >= 15 is 0 Å². The molecule has 1 atom stereocenters. The van der Waals surface area contributed by atoms with Crippen molar-refractivity contribution >= 4 is 11.9 Å². The van der Waals surface area contributed by atoms with E-state index in [2.05, 4.69) is 5.32 Å². The Hall–Kier alpha value is -2.08. The molecular formula is C20H29NO5. The first-order chi connectivity index (χ1) is 12.5.